The normalized spacial score (nSPS) is 10.2. The number of rotatable bonds is 4. The molecule has 0 atom stereocenters. The van der Waals surface area contributed by atoms with Crippen LogP contribution in [0.15, 0.2) is 24.3 Å². The van der Waals surface area contributed by atoms with Crippen LogP contribution in [0.1, 0.15) is 0 Å². The molecular formula is C11H7Cl2N3O4. The van der Waals surface area contributed by atoms with Gasteiger partial charge in [-0.25, -0.2) is 0 Å². The number of nitro groups is 1. The van der Waals surface area contributed by atoms with Crippen LogP contribution in [-0.4, -0.2) is 22.2 Å². The molecule has 0 fully saturated rings. The summed E-state index contributed by atoms with van der Waals surface area (Å²) >= 11 is 11.5. The van der Waals surface area contributed by atoms with E-state index in [1.807, 2.05) is 0 Å². The van der Waals surface area contributed by atoms with Crippen LogP contribution in [0.5, 0.6) is 17.2 Å². The van der Waals surface area contributed by atoms with E-state index in [0.29, 0.717) is 5.75 Å². The van der Waals surface area contributed by atoms with Gasteiger partial charge in [-0.2, -0.15) is 0 Å². The maximum absolute atomic E-state index is 11.0. The Kier molecular flexibility index (Phi) is 4.21. The molecule has 104 valence electrons. The summed E-state index contributed by atoms with van der Waals surface area (Å²) in [7, 11) is 1.43. The molecule has 0 unspecified atom stereocenters. The fraction of sp³-hybridized carbons (Fsp3) is 0.0909. The van der Waals surface area contributed by atoms with Crippen LogP contribution in [0.25, 0.3) is 0 Å². The van der Waals surface area contributed by atoms with Crippen LogP contribution in [0.4, 0.5) is 5.69 Å². The minimum absolute atomic E-state index is 0.0414. The molecule has 7 nitrogen and oxygen atoms in total. The summed E-state index contributed by atoms with van der Waals surface area (Å²) in [4.78, 5) is 10.4. The second-order valence-electron chi connectivity index (χ2n) is 3.51. The fourth-order valence-electron chi connectivity index (χ4n) is 1.38. The summed E-state index contributed by atoms with van der Waals surface area (Å²) in [6.07, 6.45) is 0. The van der Waals surface area contributed by atoms with Crippen molar-refractivity contribution < 1.29 is 14.4 Å². The molecule has 2 rings (SSSR count). The molecule has 20 heavy (non-hydrogen) atoms. The first-order valence-corrected chi connectivity index (χ1v) is 5.96. The Morgan fingerprint density at radius 3 is 2.60 bits per heavy atom. The van der Waals surface area contributed by atoms with Gasteiger partial charge in [0.2, 0.25) is 5.75 Å². The van der Waals surface area contributed by atoms with Crippen LogP contribution in [0.3, 0.4) is 0 Å². The van der Waals surface area contributed by atoms with E-state index in [-0.39, 0.29) is 27.5 Å². The van der Waals surface area contributed by atoms with Gasteiger partial charge in [0.1, 0.15) is 5.75 Å². The highest BCUT2D eigenvalue weighted by Gasteiger charge is 2.18. The van der Waals surface area contributed by atoms with Crippen molar-refractivity contribution in [1.82, 2.24) is 10.2 Å². The predicted octanol–water partition coefficient (Wildman–Crippen LogP) is 3.49. The van der Waals surface area contributed by atoms with Gasteiger partial charge < -0.3 is 9.47 Å². The standard InChI is InChI=1S/C11H7Cl2N3O4/c1-19-6-2-3-7(16(17)18)8(4-6)20-9-5-10(12)14-15-11(9)13/h2-5H,1H3. The first kappa shape index (κ1) is 14.3. The van der Waals surface area contributed by atoms with Gasteiger partial charge in [-0.05, 0) is 6.07 Å². The van der Waals surface area contributed by atoms with Crippen LogP contribution < -0.4 is 9.47 Å². The number of aromatic nitrogens is 2. The van der Waals surface area contributed by atoms with Crippen molar-refractivity contribution in [3.05, 3.63) is 44.7 Å². The Hall–Kier alpha value is -2.12. The molecule has 0 N–H and O–H groups in total. The largest absolute Gasteiger partial charge is 0.497 e. The van der Waals surface area contributed by atoms with Crippen molar-refractivity contribution in [3.8, 4) is 17.2 Å². The lowest BCUT2D eigenvalue weighted by Gasteiger charge is -2.08. The lowest BCUT2D eigenvalue weighted by atomic mass is 10.3. The summed E-state index contributed by atoms with van der Waals surface area (Å²) in [6.45, 7) is 0. The molecule has 0 aliphatic heterocycles. The molecule has 1 aromatic heterocycles. The van der Waals surface area contributed by atoms with E-state index in [1.54, 1.807) is 0 Å². The van der Waals surface area contributed by atoms with Crippen molar-refractivity contribution in [2.75, 3.05) is 7.11 Å². The van der Waals surface area contributed by atoms with Gasteiger partial charge in [-0.3, -0.25) is 10.1 Å². The van der Waals surface area contributed by atoms with E-state index >= 15 is 0 Å². The van der Waals surface area contributed by atoms with Gasteiger partial charge >= 0.3 is 5.69 Å². The third-order valence-corrected chi connectivity index (χ3v) is 2.72. The number of nitrogens with zero attached hydrogens (tertiary/aromatic N) is 3. The second kappa shape index (κ2) is 5.89. The molecule has 0 spiro atoms. The van der Waals surface area contributed by atoms with Gasteiger partial charge in [-0.15, -0.1) is 10.2 Å². The Morgan fingerprint density at radius 1 is 1.20 bits per heavy atom. The highest BCUT2D eigenvalue weighted by molar-refractivity contribution is 6.32. The summed E-state index contributed by atoms with van der Waals surface area (Å²) in [5.41, 5.74) is -0.241. The van der Waals surface area contributed by atoms with E-state index < -0.39 is 4.92 Å². The third kappa shape index (κ3) is 3.06. The Labute approximate surface area is 123 Å². The molecule has 1 aromatic carbocycles. The third-order valence-electron chi connectivity index (χ3n) is 2.27. The molecular weight excluding hydrogens is 309 g/mol. The minimum atomic E-state index is -0.584. The van der Waals surface area contributed by atoms with Gasteiger partial charge in [0.15, 0.2) is 16.1 Å². The smallest absolute Gasteiger partial charge is 0.311 e. The van der Waals surface area contributed by atoms with Crippen molar-refractivity contribution >= 4 is 28.9 Å². The van der Waals surface area contributed by atoms with E-state index in [9.17, 15) is 10.1 Å². The number of hydrogen-bond acceptors (Lipinski definition) is 6. The van der Waals surface area contributed by atoms with E-state index in [4.69, 9.17) is 32.7 Å². The van der Waals surface area contributed by atoms with Crippen LogP contribution in [-0.2, 0) is 0 Å². The average molecular weight is 316 g/mol. The Balaban J connectivity index is 2.45. The van der Waals surface area contributed by atoms with Crippen LogP contribution in [0.2, 0.25) is 10.3 Å². The number of methoxy groups -OCH3 is 1. The zero-order valence-corrected chi connectivity index (χ0v) is 11.6. The van der Waals surface area contributed by atoms with E-state index in [0.717, 1.165) is 0 Å². The first-order valence-electron chi connectivity index (χ1n) is 5.20. The van der Waals surface area contributed by atoms with Crippen LogP contribution in [0, 0.1) is 10.1 Å². The second-order valence-corrected chi connectivity index (χ2v) is 4.26. The minimum Gasteiger partial charge on any atom is -0.497 e. The van der Waals surface area contributed by atoms with Gasteiger partial charge in [0.25, 0.3) is 0 Å². The van der Waals surface area contributed by atoms with Crippen molar-refractivity contribution in [2.45, 2.75) is 0 Å². The molecule has 0 amide bonds. The zero-order valence-electron chi connectivity index (χ0n) is 10.0. The Bertz CT molecular complexity index is 666. The summed E-state index contributed by atoms with van der Waals surface area (Å²) in [6, 6.07) is 5.38. The van der Waals surface area contributed by atoms with E-state index in [2.05, 4.69) is 10.2 Å². The molecule has 0 saturated heterocycles. The molecule has 9 heteroatoms. The van der Waals surface area contributed by atoms with Gasteiger partial charge in [-0.1, -0.05) is 23.2 Å². The van der Waals surface area contributed by atoms with E-state index in [1.165, 1.54) is 31.4 Å². The van der Waals surface area contributed by atoms with Crippen molar-refractivity contribution in [1.29, 1.82) is 0 Å². The lowest BCUT2D eigenvalue weighted by Crippen LogP contribution is -1.96. The average Bonchev–Trinajstić information content (AvgIpc) is 2.42. The monoisotopic (exact) mass is 315 g/mol. The fourth-order valence-corrected chi connectivity index (χ4v) is 1.65. The molecule has 2 aromatic rings. The SMILES string of the molecule is COc1ccc([N+](=O)[O-])c(Oc2cc(Cl)nnc2Cl)c1. The first-order chi connectivity index (χ1) is 9.51. The topological polar surface area (TPSA) is 87.4 Å². The molecule has 1 heterocycles. The van der Waals surface area contributed by atoms with Gasteiger partial charge in [0, 0.05) is 18.2 Å². The summed E-state index contributed by atoms with van der Waals surface area (Å²) in [5, 5.41) is 18.0. The lowest BCUT2D eigenvalue weighted by molar-refractivity contribution is -0.385. The quantitative estimate of drug-likeness (QED) is 0.634. The number of halogens is 2. The summed E-state index contributed by atoms with van der Waals surface area (Å²) < 4.78 is 10.4. The molecule has 0 aliphatic carbocycles. The maximum Gasteiger partial charge on any atom is 0.311 e. The highest BCUT2D eigenvalue weighted by atomic mass is 35.5. The summed E-state index contributed by atoms with van der Waals surface area (Å²) in [5.74, 6) is 0.415. The molecule has 0 aliphatic rings. The molecule has 0 bridgehead atoms. The molecule has 0 radical (unpaired) electrons. The number of ether oxygens (including phenoxy) is 2. The van der Waals surface area contributed by atoms with Crippen molar-refractivity contribution in [3.63, 3.8) is 0 Å². The Morgan fingerprint density at radius 2 is 1.95 bits per heavy atom. The predicted molar refractivity (Wildman–Crippen MR) is 71.8 cm³/mol. The highest BCUT2D eigenvalue weighted by Crippen LogP contribution is 2.36. The van der Waals surface area contributed by atoms with Crippen molar-refractivity contribution in [2.24, 2.45) is 0 Å². The van der Waals surface area contributed by atoms with Crippen LogP contribution >= 0.6 is 23.2 Å². The maximum atomic E-state index is 11.0. The zero-order chi connectivity index (χ0) is 14.7. The number of benzene rings is 1. The number of nitro benzene ring substituents is 1. The number of hydrogen-bond donors (Lipinski definition) is 0. The van der Waals surface area contributed by atoms with Gasteiger partial charge in [0.05, 0.1) is 12.0 Å². The molecule has 0 saturated carbocycles.